The molecule has 0 heterocycles. The number of hydrogen-bond acceptors (Lipinski definition) is 3. The van der Waals surface area contributed by atoms with E-state index in [4.69, 9.17) is 15.4 Å². The van der Waals surface area contributed by atoms with E-state index in [1.807, 2.05) is 13.8 Å². The molecular formula is C13H19ClO3S. The molecule has 0 spiro atoms. The summed E-state index contributed by atoms with van der Waals surface area (Å²) in [6.45, 7) is 8.08. The lowest BCUT2D eigenvalue weighted by molar-refractivity contribution is 0.192. The van der Waals surface area contributed by atoms with Crippen LogP contribution < -0.4 is 4.74 Å². The summed E-state index contributed by atoms with van der Waals surface area (Å²) in [5, 5.41) is 0. The third kappa shape index (κ3) is 4.50. The summed E-state index contributed by atoms with van der Waals surface area (Å²) < 4.78 is 28.2. The van der Waals surface area contributed by atoms with Crippen molar-refractivity contribution in [2.24, 2.45) is 5.92 Å². The Morgan fingerprint density at radius 3 is 2.33 bits per heavy atom. The molecule has 1 rings (SSSR count). The molecule has 0 fully saturated rings. The lowest BCUT2D eigenvalue weighted by Crippen LogP contribution is -2.15. The van der Waals surface area contributed by atoms with Crippen LogP contribution in [0.1, 0.15) is 32.8 Å². The van der Waals surface area contributed by atoms with Crippen LogP contribution in [0.15, 0.2) is 23.1 Å². The van der Waals surface area contributed by atoms with Gasteiger partial charge in [0, 0.05) is 10.7 Å². The summed E-state index contributed by atoms with van der Waals surface area (Å²) in [6.07, 6.45) is 1.05. The Kier molecular flexibility index (Phi) is 5.05. The van der Waals surface area contributed by atoms with Gasteiger partial charge in [0.2, 0.25) is 0 Å². The van der Waals surface area contributed by atoms with Crippen molar-refractivity contribution in [1.82, 2.24) is 0 Å². The standard InChI is InChI=1S/C13H19ClO3S/c1-9(2)7-11(4)17-13-6-5-12(8-10(13)3)18(14,15)16/h5-6,8-9,11H,7H2,1-4H3. The molecule has 0 saturated heterocycles. The highest BCUT2D eigenvalue weighted by molar-refractivity contribution is 8.13. The number of hydrogen-bond donors (Lipinski definition) is 0. The second kappa shape index (κ2) is 5.93. The Bertz CT molecular complexity index is 509. The SMILES string of the molecule is Cc1cc(S(=O)(=O)Cl)ccc1OC(C)CC(C)C. The summed E-state index contributed by atoms with van der Waals surface area (Å²) in [5.74, 6) is 1.26. The van der Waals surface area contributed by atoms with E-state index in [1.54, 1.807) is 6.07 Å². The molecule has 0 saturated carbocycles. The van der Waals surface area contributed by atoms with E-state index in [9.17, 15) is 8.42 Å². The average Bonchev–Trinajstić information content (AvgIpc) is 2.18. The number of halogens is 1. The smallest absolute Gasteiger partial charge is 0.261 e. The molecule has 0 amide bonds. The Labute approximate surface area is 114 Å². The Hall–Kier alpha value is -0.740. The normalized spacial score (nSPS) is 13.7. The molecule has 0 radical (unpaired) electrons. The molecule has 102 valence electrons. The highest BCUT2D eigenvalue weighted by Crippen LogP contribution is 2.25. The molecule has 0 aliphatic carbocycles. The average molecular weight is 291 g/mol. The summed E-state index contributed by atoms with van der Waals surface area (Å²) in [4.78, 5) is 0.102. The highest BCUT2D eigenvalue weighted by atomic mass is 35.7. The van der Waals surface area contributed by atoms with E-state index in [0.29, 0.717) is 11.7 Å². The third-order valence-corrected chi connectivity index (χ3v) is 3.91. The van der Waals surface area contributed by atoms with Gasteiger partial charge in [0.05, 0.1) is 11.0 Å². The van der Waals surface area contributed by atoms with E-state index < -0.39 is 9.05 Å². The van der Waals surface area contributed by atoms with Crippen LogP contribution in [0, 0.1) is 12.8 Å². The van der Waals surface area contributed by atoms with E-state index >= 15 is 0 Å². The van der Waals surface area contributed by atoms with Crippen LogP contribution in [-0.2, 0) is 9.05 Å². The van der Waals surface area contributed by atoms with Crippen molar-refractivity contribution in [2.45, 2.75) is 45.1 Å². The molecule has 1 aromatic rings. The van der Waals surface area contributed by atoms with Crippen LogP contribution >= 0.6 is 10.7 Å². The summed E-state index contributed by atoms with van der Waals surface area (Å²) in [6, 6.07) is 4.65. The van der Waals surface area contributed by atoms with Crippen molar-refractivity contribution in [1.29, 1.82) is 0 Å². The lowest BCUT2D eigenvalue weighted by Gasteiger charge is -2.18. The van der Waals surface area contributed by atoms with Crippen LogP contribution in [0.2, 0.25) is 0 Å². The van der Waals surface area contributed by atoms with Gasteiger partial charge in [-0.3, -0.25) is 0 Å². The van der Waals surface area contributed by atoms with Crippen LogP contribution in [0.4, 0.5) is 0 Å². The maximum absolute atomic E-state index is 11.2. The van der Waals surface area contributed by atoms with Gasteiger partial charge in [-0.1, -0.05) is 13.8 Å². The monoisotopic (exact) mass is 290 g/mol. The third-order valence-electron chi connectivity index (χ3n) is 2.56. The predicted molar refractivity (Wildman–Crippen MR) is 73.8 cm³/mol. The predicted octanol–water partition coefficient (Wildman–Crippen LogP) is 3.74. The minimum Gasteiger partial charge on any atom is -0.490 e. The van der Waals surface area contributed by atoms with Crippen LogP contribution in [-0.4, -0.2) is 14.5 Å². The molecule has 18 heavy (non-hydrogen) atoms. The van der Waals surface area contributed by atoms with E-state index in [2.05, 4.69) is 13.8 Å². The molecule has 0 bridgehead atoms. The maximum Gasteiger partial charge on any atom is 0.261 e. The van der Waals surface area contributed by atoms with E-state index in [1.165, 1.54) is 12.1 Å². The number of rotatable bonds is 5. The van der Waals surface area contributed by atoms with Crippen molar-refractivity contribution >= 4 is 19.7 Å². The minimum atomic E-state index is -3.67. The zero-order valence-corrected chi connectivity index (χ0v) is 12.7. The Morgan fingerprint density at radius 2 is 1.89 bits per heavy atom. The van der Waals surface area contributed by atoms with Crippen LogP contribution in [0.25, 0.3) is 0 Å². The van der Waals surface area contributed by atoms with Gasteiger partial charge in [0.25, 0.3) is 9.05 Å². The molecule has 0 aliphatic rings. The first kappa shape index (κ1) is 15.3. The fourth-order valence-electron chi connectivity index (χ4n) is 1.83. The molecule has 0 N–H and O–H groups in total. The molecule has 1 unspecified atom stereocenters. The molecule has 0 aliphatic heterocycles. The van der Waals surface area contributed by atoms with Crippen molar-refractivity contribution in [2.75, 3.05) is 0 Å². The lowest BCUT2D eigenvalue weighted by atomic mass is 10.1. The largest absolute Gasteiger partial charge is 0.490 e. The van der Waals surface area contributed by atoms with E-state index in [0.717, 1.165) is 12.0 Å². The topological polar surface area (TPSA) is 43.4 Å². The quantitative estimate of drug-likeness (QED) is 0.776. The first-order valence-corrected chi connectivity index (χ1v) is 8.23. The van der Waals surface area contributed by atoms with Gasteiger partial charge in [0.15, 0.2) is 0 Å². The fraction of sp³-hybridized carbons (Fsp3) is 0.538. The first-order chi connectivity index (χ1) is 8.20. The van der Waals surface area contributed by atoms with Crippen molar-refractivity contribution in [3.05, 3.63) is 23.8 Å². The molecule has 1 aromatic carbocycles. The summed E-state index contributed by atoms with van der Waals surface area (Å²) >= 11 is 0. The molecule has 5 heteroatoms. The number of aryl methyl sites for hydroxylation is 1. The van der Waals surface area contributed by atoms with Gasteiger partial charge in [-0.05, 0) is 49.9 Å². The summed E-state index contributed by atoms with van der Waals surface area (Å²) in [5.41, 5.74) is 0.771. The summed E-state index contributed by atoms with van der Waals surface area (Å²) in [7, 11) is 1.62. The number of ether oxygens (including phenoxy) is 1. The fourth-order valence-corrected chi connectivity index (χ4v) is 2.67. The van der Waals surface area contributed by atoms with Crippen LogP contribution in [0.5, 0.6) is 5.75 Å². The van der Waals surface area contributed by atoms with Crippen molar-refractivity contribution < 1.29 is 13.2 Å². The molecular weight excluding hydrogens is 272 g/mol. The van der Waals surface area contributed by atoms with Gasteiger partial charge >= 0.3 is 0 Å². The molecule has 3 nitrogen and oxygen atoms in total. The van der Waals surface area contributed by atoms with Crippen molar-refractivity contribution in [3.63, 3.8) is 0 Å². The maximum atomic E-state index is 11.2. The molecule has 1 atom stereocenters. The Morgan fingerprint density at radius 1 is 1.28 bits per heavy atom. The Balaban J connectivity index is 2.87. The molecule has 0 aromatic heterocycles. The van der Waals surface area contributed by atoms with Gasteiger partial charge in [0.1, 0.15) is 5.75 Å². The first-order valence-electron chi connectivity index (χ1n) is 5.92. The van der Waals surface area contributed by atoms with E-state index in [-0.39, 0.29) is 11.0 Å². The van der Waals surface area contributed by atoms with Gasteiger partial charge < -0.3 is 4.74 Å². The van der Waals surface area contributed by atoms with Crippen molar-refractivity contribution in [3.8, 4) is 5.75 Å². The zero-order valence-electron chi connectivity index (χ0n) is 11.1. The second-order valence-electron chi connectivity index (χ2n) is 4.92. The minimum absolute atomic E-state index is 0.0992. The zero-order chi connectivity index (χ0) is 13.9. The number of benzene rings is 1. The van der Waals surface area contributed by atoms with Gasteiger partial charge in [-0.2, -0.15) is 0 Å². The highest BCUT2D eigenvalue weighted by Gasteiger charge is 2.13. The van der Waals surface area contributed by atoms with Gasteiger partial charge in [-0.15, -0.1) is 0 Å². The van der Waals surface area contributed by atoms with Crippen LogP contribution in [0.3, 0.4) is 0 Å². The van der Waals surface area contributed by atoms with Gasteiger partial charge in [-0.25, -0.2) is 8.42 Å². The second-order valence-corrected chi connectivity index (χ2v) is 7.49.